The third-order valence-electron chi connectivity index (χ3n) is 3.09. The van der Waals surface area contributed by atoms with Gasteiger partial charge >= 0.3 is 18.0 Å². The summed E-state index contributed by atoms with van der Waals surface area (Å²) in [5, 5.41) is 4.55. The Kier molecular flexibility index (Phi) is 5.56. The van der Waals surface area contributed by atoms with Crippen LogP contribution in [0.15, 0.2) is 43.0 Å². The van der Waals surface area contributed by atoms with Crippen molar-refractivity contribution in [1.82, 2.24) is 14.9 Å². The lowest BCUT2D eigenvalue weighted by atomic mass is 10.2. The van der Waals surface area contributed by atoms with Gasteiger partial charge < -0.3 is 15.2 Å². The lowest BCUT2D eigenvalue weighted by molar-refractivity contribution is -0.137. The van der Waals surface area contributed by atoms with Gasteiger partial charge in [0.1, 0.15) is 0 Å². The van der Waals surface area contributed by atoms with Gasteiger partial charge in [0.15, 0.2) is 0 Å². The monoisotopic (exact) mass is 340 g/mol. The van der Waals surface area contributed by atoms with Gasteiger partial charge in [-0.3, -0.25) is 9.59 Å². The molecule has 0 unspecified atom stereocenters. The Morgan fingerprint density at radius 1 is 1.21 bits per heavy atom. The maximum absolute atomic E-state index is 12.6. The summed E-state index contributed by atoms with van der Waals surface area (Å²) < 4.78 is 39.6. The Labute approximate surface area is 135 Å². The fraction of sp³-hybridized carbons (Fsp3) is 0.267. The van der Waals surface area contributed by atoms with E-state index in [0.29, 0.717) is 13.0 Å². The molecule has 2 rings (SSSR count). The summed E-state index contributed by atoms with van der Waals surface area (Å²) in [6, 6.07) is 4.08. The molecule has 24 heavy (non-hydrogen) atoms. The summed E-state index contributed by atoms with van der Waals surface area (Å²) >= 11 is 0. The highest BCUT2D eigenvalue weighted by atomic mass is 19.4. The zero-order valence-corrected chi connectivity index (χ0v) is 12.5. The molecule has 0 aliphatic carbocycles. The van der Waals surface area contributed by atoms with Crippen LogP contribution in [0.4, 0.5) is 18.9 Å². The van der Waals surface area contributed by atoms with Crippen molar-refractivity contribution in [2.45, 2.75) is 19.1 Å². The Morgan fingerprint density at radius 2 is 2.00 bits per heavy atom. The van der Waals surface area contributed by atoms with Crippen LogP contribution in [0.2, 0.25) is 0 Å². The molecule has 0 bridgehead atoms. The molecule has 2 amide bonds. The first-order valence-electron chi connectivity index (χ1n) is 7.08. The first-order valence-corrected chi connectivity index (χ1v) is 7.08. The molecule has 9 heteroatoms. The SMILES string of the molecule is O=C(NCCCn1ccnc1)C(=O)Nc1cccc(C(F)(F)F)c1. The van der Waals surface area contributed by atoms with E-state index in [1.54, 1.807) is 18.7 Å². The highest BCUT2D eigenvalue weighted by Crippen LogP contribution is 2.30. The number of anilines is 1. The number of nitrogens with one attached hydrogen (secondary N) is 2. The van der Waals surface area contributed by atoms with E-state index in [2.05, 4.69) is 15.6 Å². The van der Waals surface area contributed by atoms with Crippen LogP contribution in [-0.2, 0) is 22.3 Å². The van der Waals surface area contributed by atoms with Gasteiger partial charge in [0.05, 0.1) is 11.9 Å². The second-order valence-corrected chi connectivity index (χ2v) is 4.94. The predicted octanol–water partition coefficient (Wildman–Crippen LogP) is 2.05. The second-order valence-electron chi connectivity index (χ2n) is 4.94. The summed E-state index contributed by atoms with van der Waals surface area (Å²) in [5.41, 5.74) is -0.996. The third-order valence-corrected chi connectivity index (χ3v) is 3.09. The van der Waals surface area contributed by atoms with Crippen LogP contribution in [-0.4, -0.2) is 27.9 Å². The molecule has 0 saturated carbocycles. The van der Waals surface area contributed by atoms with Crippen LogP contribution in [0.1, 0.15) is 12.0 Å². The summed E-state index contributed by atoms with van der Waals surface area (Å²) in [7, 11) is 0. The highest BCUT2D eigenvalue weighted by molar-refractivity contribution is 6.39. The Bertz CT molecular complexity index is 699. The number of aryl methyl sites for hydroxylation is 1. The number of carbonyl (C=O) groups excluding carboxylic acids is 2. The molecule has 0 radical (unpaired) electrons. The quantitative estimate of drug-likeness (QED) is 0.646. The lowest BCUT2D eigenvalue weighted by Gasteiger charge is -2.10. The summed E-state index contributed by atoms with van der Waals surface area (Å²) in [4.78, 5) is 27.2. The molecule has 0 aliphatic rings. The number of benzene rings is 1. The van der Waals surface area contributed by atoms with E-state index in [9.17, 15) is 22.8 Å². The van der Waals surface area contributed by atoms with E-state index in [1.807, 2.05) is 4.57 Å². The fourth-order valence-corrected chi connectivity index (χ4v) is 1.92. The Morgan fingerprint density at radius 3 is 2.67 bits per heavy atom. The molecule has 0 saturated heterocycles. The van der Waals surface area contributed by atoms with Crippen molar-refractivity contribution in [2.75, 3.05) is 11.9 Å². The van der Waals surface area contributed by atoms with Crippen molar-refractivity contribution in [3.05, 3.63) is 48.5 Å². The number of halogens is 3. The van der Waals surface area contributed by atoms with Crippen molar-refractivity contribution in [3.8, 4) is 0 Å². The first-order chi connectivity index (χ1) is 11.4. The number of aromatic nitrogens is 2. The average molecular weight is 340 g/mol. The third kappa shape index (κ3) is 5.11. The molecule has 6 nitrogen and oxygen atoms in total. The molecule has 1 aromatic heterocycles. The van der Waals surface area contributed by atoms with Crippen molar-refractivity contribution in [1.29, 1.82) is 0 Å². The topological polar surface area (TPSA) is 76.0 Å². The van der Waals surface area contributed by atoms with Crippen LogP contribution in [0.3, 0.4) is 0 Å². The molecule has 1 heterocycles. The molecule has 1 aromatic carbocycles. The second kappa shape index (κ2) is 7.62. The van der Waals surface area contributed by atoms with Crippen molar-refractivity contribution in [2.24, 2.45) is 0 Å². The number of rotatable bonds is 5. The van der Waals surface area contributed by atoms with Crippen LogP contribution in [0.25, 0.3) is 0 Å². The van der Waals surface area contributed by atoms with Gasteiger partial charge in [-0.2, -0.15) is 13.2 Å². The molecule has 0 spiro atoms. The molecule has 2 aromatic rings. The zero-order chi connectivity index (χ0) is 17.6. The molecule has 0 fully saturated rings. The summed E-state index contributed by atoms with van der Waals surface area (Å²) in [6.45, 7) is 0.878. The average Bonchev–Trinajstić information content (AvgIpc) is 3.04. The Balaban J connectivity index is 1.80. The predicted molar refractivity (Wildman–Crippen MR) is 79.9 cm³/mol. The van der Waals surface area contributed by atoms with Crippen molar-refractivity contribution >= 4 is 17.5 Å². The number of carbonyl (C=O) groups is 2. The number of alkyl halides is 3. The minimum absolute atomic E-state index is 0.0941. The number of nitrogens with zero attached hydrogens (tertiary/aromatic N) is 2. The molecule has 0 aliphatic heterocycles. The van der Waals surface area contributed by atoms with E-state index < -0.39 is 23.6 Å². The molecular weight excluding hydrogens is 325 g/mol. The van der Waals surface area contributed by atoms with Gasteiger partial charge in [-0.1, -0.05) is 6.07 Å². The van der Waals surface area contributed by atoms with Gasteiger partial charge in [0.25, 0.3) is 0 Å². The normalized spacial score (nSPS) is 11.1. The fourth-order valence-electron chi connectivity index (χ4n) is 1.92. The van der Waals surface area contributed by atoms with Gasteiger partial charge in [0, 0.05) is 31.2 Å². The van der Waals surface area contributed by atoms with Gasteiger partial charge in [-0.15, -0.1) is 0 Å². The lowest BCUT2D eigenvalue weighted by Crippen LogP contribution is -2.36. The Hall–Kier alpha value is -2.84. The maximum atomic E-state index is 12.6. The van der Waals surface area contributed by atoms with Crippen molar-refractivity contribution < 1.29 is 22.8 Å². The highest BCUT2D eigenvalue weighted by Gasteiger charge is 2.30. The van der Waals surface area contributed by atoms with E-state index in [0.717, 1.165) is 18.2 Å². The van der Waals surface area contributed by atoms with Crippen LogP contribution in [0, 0.1) is 0 Å². The number of hydrogen-bond donors (Lipinski definition) is 2. The van der Waals surface area contributed by atoms with Crippen LogP contribution >= 0.6 is 0 Å². The first kappa shape index (κ1) is 17.5. The van der Waals surface area contributed by atoms with E-state index in [4.69, 9.17) is 0 Å². The van der Waals surface area contributed by atoms with Crippen LogP contribution in [0.5, 0.6) is 0 Å². The van der Waals surface area contributed by atoms with Crippen molar-refractivity contribution in [3.63, 3.8) is 0 Å². The maximum Gasteiger partial charge on any atom is 0.416 e. The molecular formula is C15H15F3N4O2. The summed E-state index contributed by atoms with van der Waals surface area (Å²) in [5.74, 6) is -1.92. The largest absolute Gasteiger partial charge is 0.416 e. The molecule has 0 atom stereocenters. The van der Waals surface area contributed by atoms with E-state index in [-0.39, 0.29) is 12.2 Å². The minimum atomic E-state index is -4.52. The molecule has 2 N–H and O–H groups in total. The smallest absolute Gasteiger partial charge is 0.348 e. The van der Waals surface area contributed by atoms with Crippen LogP contribution < -0.4 is 10.6 Å². The number of hydrogen-bond acceptors (Lipinski definition) is 3. The van der Waals surface area contributed by atoms with Gasteiger partial charge in [-0.25, -0.2) is 4.98 Å². The standard InChI is InChI=1S/C15H15F3N4O2/c16-15(17,18)11-3-1-4-12(9-11)21-14(24)13(23)20-5-2-7-22-8-6-19-10-22/h1,3-4,6,8-10H,2,5,7H2,(H,20,23)(H,21,24). The molecule has 128 valence electrons. The zero-order valence-electron chi connectivity index (χ0n) is 12.5. The number of imidazole rings is 1. The number of amides is 2. The summed E-state index contributed by atoms with van der Waals surface area (Å²) in [6.07, 6.45) is 1.08. The van der Waals surface area contributed by atoms with Gasteiger partial charge in [0.2, 0.25) is 0 Å². The minimum Gasteiger partial charge on any atom is -0.348 e. The van der Waals surface area contributed by atoms with E-state index >= 15 is 0 Å². The van der Waals surface area contributed by atoms with Gasteiger partial charge in [-0.05, 0) is 24.6 Å². The van der Waals surface area contributed by atoms with E-state index in [1.165, 1.54) is 6.07 Å².